The fourth-order valence-corrected chi connectivity index (χ4v) is 4.37. The summed E-state index contributed by atoms with van der Waals surface area (Å²) >= 11 is 0. The molecule has 5 nitrogen and oxygen atoms in total. The number of hydrogen-bond donors (Lipinski definition) is 0. The van der Waals surface area contributed by atoms with E-state index in [1.54, 1.807) is 0 Å². The summed E-state index contributed by atoms with van der Waals surface area (Å²) in [6.07, 6.45) is 9.27. The SMILES string of the molecule is N#Cc1ccccc1CN1C(=O)N2CCCCC2C=C1N1CCCCC1. The normalized spacial score (nSPS) is 23.3. The number of benzene rings is 1. The second-order valence-corrected chi connectivity index (χ2v) is 7.47. The lowest BCUT2D eigenvalue weighted by Crippen LogP contribution is -2.55. The molecule has 0 aliphatic carbocycles. The van der Waals surface area contributed by atoms with E-state index in [9.17, 15) is 10.1 Å². The molecular formula is C21H26N4O. The van der Waals surface area contributed by atoms with E-state index in [1.165, 1.54) is 25.7 Å². The number of carbonyl (C=O) groups excluding carboxylic acids is 1. The molecule has 0 radical (unpaired) electrons. The molecule has 2 amide bonds. The van der Waals surface area contributed by atoms with Gasteiger partial charge in [-0.2, -0.15) is 5.26 Å². The van der Waals surface area contributed by atoms with E-state index in [0.717, 1.165) is 43.9 Å². The lowest BCUT2D eigenvalue weighted by Gasteiger charge is -2.46. The van der Waals surface area contributed by atoms with Gasteiger partial charge in [-0.05, 0) is 56.2 Å². The highest BCUT2D eigenvalue weighted by atomic mass is 16.2. The van der Waals surface area contributed by atoms with Crippen LogP contribution in [0.25, 0.3) is 0 Å². The number of nitrogens with zero attached hydrogens (tertiary/aromatic N) is 4. The smallest absolute Gasteiger partial charge is 0.326 e. The highest BCUT2D eigenvalue weighted by Crippen LogP contribution is 2.31. The third-order valence-electron chi connectivity index (χ3n) is 5.79. The first kappa shape index (κ1) is 17.0. The number of fused-ring (bicyclic) bond motifs is 1. The molecule has 0 N–H and O–H groups in total. The number of rotatable bonds is 3. The van der Waals surface area contributed by atoms with Crippen molar-refractivity contribution in [1.29, 1.82) is 5.26 Å². The third kappa shape index (κ3) is 3.16. The monoisotopic (exact) mass is 350 g/mol. The summed E-state index contributed by atoms with van der Waals surface area (Å²) in [4.78, 5) is 19.6. The highest BCUT2D eigenvalue weighted by Gasteiger charge is 2.37. The van der Waals surface area contributed by atoms with Gasteiger partial charge >= 0.3 is 6.03 Å². The fourth-order valence-electron chi connectivity index (χ4n) is 4.37. The Hall–Kier alpha value is -2.48. The second-order valence-electron chi connectivity index (χ2n) is 7.47. The Kier molecular flexibility index (Phi) is 4.83. The maximum Gasteiger partial charge on any atom is 0.326 e. The molecule has 1 aromatic rings. The molecule has 3 aliphatic heterocycles. The minimum atomic E-state index is 0.102. The zero-order valence-electron chi connectivity index (χ0n) is 15.2. The lowest BCUT2D eigenvalue weighted by atomic mass is 9.99. The first-order chi connectivity index (χ1) is 12.8. The van der Waals surface area contributed by atoms with E-state index in [4.69, 9.17) is 0 Å². The molecule has 5 heteroatoms. The van der Waals surface area contributed by atoms with Crippen LogP contribution >= 0.6 is 0 Å². The molecule has 3 heterocycles. The van der Waals surface area contributed by atoms with Gasteiger partial charge in [0.15, 0.2) is 0 Å². The highest BCUT2D eigenvalue weighted by molar-refractivity contribution is 5.78. The third-order valence-corrected chi connectivity index (χ3v) is 5.79. The van der Waals surface area contributed by atoms with Crippen molar-refractivity contribution in [2.45, 2.75) is 51.1 Å². The van der Waals surface area contributed by atoms with Crippen LogP contribution in [-0.2, 0) is 6.54 Å². The van der Waals surface area contributed by atoms with Crippen molar-refractivity contribution in [3.05, 3.63) is 47.3 Å². The second kappa shape index (κ2) is 7.41. The Bertz CT molecular complexity index is 745. The molecular weight excluding hydrogens is 324 g/mol. The van der Waals surface area contributed by atoms with E-state index < -0.39 is 0 Å². The van der Waals surface area contributed by atoms with Gasteiger partial charge in [-0.3, -0.25) is 4.90 Å². The summed E-state index contributed by atoms with van der Waals surface area (Å²) in [5.74, 6) is 1.06. The Morgan fingerprint density at radius 1 is 1.04 bits per heavy atom. The van der Waals surface area contributed by atoms with Crippen molar-refractivity contribution >= 4 is 6.03 Å². The molecule has 4 rings (SSSR count). The van der Waals surface area contributed by atoms with E-state index >= 15 is 0 Å². The van der Waals surface area contributed by atoms with E-state index in [1.807, 2.05) is 34.1 Å². The van der Waals surface area contributed by atoms with Crippen LogP contribution in [0.5, 0.6) is 0 Å². The molecule has 1 unspecified atom stereocenters. The van der Waals surface area contributed by atoms with Gasteiger partial charge in [0.2, 0.25) is 0 Å². The number of likely N-dealkylation sites (tertiary alicyclic amines) is 1. The predicted octanol–water partition coefficient (Wildman–Crippen LogP) is 3.68. The van der Waals surface area contributed by atoms with Crippen LogP contribution in [0.4, 0.5) is 4.79 Å². The Balaban J connectivity index is 1.68. The Morgan fingerprint density at radius 2 is 1.81 bits per heavy atom. The topological polar surface area (TPSA) is 50.6 Å². The molecule has 2 saturated heterocycles. The predicted molar refractivity (Wildman–Crippen MR) is 99.9 cm³/mol. The average Bonchev–Trinajstić information content (AvgIpc) is 2.71. The van der Waals surface area contributed by atoms with Gasteiger partial charge in [0.05, 0.1) is 24.2 Å². The quantitative estimate of drug-likeness (QED) is 0.836. The first-order valence-electron chi connectivity index (χ1n) is 9.81. The van der Waals surface area contributed by atoms with E-state index in [-0.39, 0.29) is 12.1 Å². The summed E-state index contributed by atoms with van der Waals surface area (Å²) in [6.45, 7) is 3.34. The van der Waals surface area contributed by atoms with Gasteiger partial charge < -0.3 is 9.80 Å². The Labute approximate surface area is 155 Å². The maximum absolute atomic E-state index is 13.3. The van der Waals surface area contributed by atoms with Crippen LogP contribution in [-0.4, -0.2) is 46.4 Å². The number of carbonyl (C=O) groups is 1. The summed E-state index contributed by atoms with van der Waals surface area (Å²) < 4.78 is 0. The lowest BCUT2D eigenvalue weighted by molar-refractivity contribution is 0.0992. The minimum absolute atomic E-state index is 0.102. The summed E-state index contributed by atoms with van der Waals surface area (Å²) in [6, 6.07) is 10.2. The van der Waals surface area contributed by atoms with Crippen molar-refractivity contribution in [3.8, 4) is 6.07 Å². The van der Waals surface area contributed by atoms with Gasteiger partial charge in [0.25, 0.3) is 0 Å². The first-order valence-corrected chi connectivity index (χ1v) is 9.81. The number of nitriles is 1. The molecule has 0 aromatic heterocycles. The van der Waals surface area contributed by atoms with Crippen LogP contribution in [0.1, 0.15) is 49.7 Å². The molecule has 136 valence electrons. The summed E-state index contributed by atoms with van der Waals surface area (Å²) in [7, 11) is 0. The fraction of sp³-hybridized carbons (Fsp3) is 0.524. The number of piperidine rings is 2. The van der Waals surface area contributed by atoms with Crippen LogP contribution in [0.3, 0.4) is 0 Å². The minimum Gasteiger partial charge on any atom is -0.358 e. The van der Waals surface area contributed by atoms with Crippen LogP contribution in [0.15, 0.2) is 36.2 Å². The standard InChI is InChI=1S/C21H26N4O/c22-15-17-8-2-3-9-18(17)16-25-20(23-11-5-1-6-12-23)14-19-10-4-7-13-24(19)21(25)26/h2-3,8-9,14,19H,1,4-7,10-13,16H2. The number of urea groups is 1. The average molecular weight is 350 g/mol. The molecule has 0 saturated carbocycles. The molecule has 2 fully saturated rings. The van der Waals surface area contributed by atoms with Crippen molar-refractivity contribution in [2.24, 2.45) is 0 Å². The zero-order chi connectivity index (χ0) is 17.9. The van der Waals surface area contributed by atoms with Crippen LogP contribution in [0.2, 0.25) is 0 Å². The van der Waals surface area contributed by atoms with Crippen molar-refractivity contribution in [2.75, 3.05) is 19.6 Å². The van der Waals surface area contributed by atoms with Crippen LogP contribution in [0, 0.1) is 11.3 Å². The van der Waals surface area contributed by atoms with Gasteiger partial charge in [-0.25, -0.2) is 4.79 Å². The molecule has 1 aromatic carbocycles. The molecule has 0 spiro atoms. The maximum atomic E-state index is 13.3. The van der Waals surface area contributed by atoms with Gasteiger partial charge in [0.1, 0.15) is 5.82 Å². The van der Waals surface area contributed by atoms with Gasteiger partial charge in [0, 0.05) is 19.6 Å². The summed E-state index contributed by atoms with van der Waals surface area (Å²) in [5, 5.41) is 9.43. The van der Waals surface area contributed by atoms with Crippen molar-refractivity contribution in [3.63, 3.8) is 0 Å². The molecule has 0 bridgehead atoms. The number of amides is 2. The number of hydrogen-bond acceptors (Lipinski definition) is 3. The van der Waals surface area contributed by atoms with Crippen LogP contribution < -0.4 is 0 Å². The van der Waals surface area contributed by atoms with Gasteiger partial charge in [-0.1, -0.05) is 18.2 Å². The van der Waals surface area contributed by atoms with Crippen molar-refractivity contribution in [1.82, 2.24) is 14.7 Å². The van der Waals surface area contributed by atoms with E-state index in [0.29, 0.717) is 12.1 Å². The Morgan fingerprint density at radius 3 is 2.62 bits per heavy atom. The molecule has 3 aliphatic rings. The molecule has 26 heavy (non-hydrogen) atoms. The summed E-state index contributed by atoms with van der Waals surface area (Å²) in [5.41, 5.74) is 1.57. The molecule has 1 atom stereocenters. The van der Waals surface area contributed by atoms with Crippen molar-refractivity contribution < 1.29 is 4.79 Å². The van der Waals surface area contributed by atoms with Gasteiger partial charge in [-0.15, -0.1) is 0 Å². The van der Waals surface area contributed by atoms with E-state index in [2.05, 4.69) is 17.0 Å². The zero-order valence-corrected chi connectivity index (χ0v) is 15.2. The largest absolute Gasteiger partial charge is 0.358 e.